The third-order valence-electron chi connectivity index (χ3n) is 7.68. The predicted molar refractivity (Wildman–Crippen MR) is 136 cm³/mol. The van der Waals surface area contributed by atoms with Crippen molar-refractivity contribution in [2.24, 2.45) is 0 Å². The topological polar surface area (TPSA) is 177 Å². The first-order chi connectivity index (χ1) is 19.2. The Balaban J connectivity index is 1.09. The Labute approximate surface area is 244 Å². The molecule has 6 aliphatic heterocycles. The first-order valence-electron chi connectivity index (χ1n) is 13.9. The Bertz CT molecular complexity index is 1210. The highest BCUT2D eigenvalue weighted by Gasteiger charge is 2.67. The third-order valence-corrected chi connectivity index (χ3v) is 8.54. The number of urea groups is 1. The number of hydrogen-bond acceptors (Lipinski definition) is 14. The smallest absolute Gasteiger partial charge is 0.343 e. The maximum atomic E-state index is 12.8. The maximum absolute atomic E-state index is 12.8. The molecular formula is C25H40N2O14S. The Hall–Kier alpha value is -1.22. The van der Waals surface area contributed by atoms with Crippen LogP contribution in [-0.4, -0.2) is 112 Å². The molecule has 2 amide bonds. The molecule has 6 fully saturated rings. The predicted octanol–water partition coefficient (Wildman–Crippen LogP) is 0.343. The van der Waals surface area contributed by atoms with Gasteiger partial charge < -0.3 is 52.7 Å². The summed E-state index contributed by atoms with van der Waals surface area (Å²) in [6.07, 6.45) is -3.62. The van der Waals surface area contributed by atoms with Gasteiger partial charge in [0.2, 0.25) is 11.6 Å². The SMILES string of the molecule is CC1(C)O[C@H]2[C@H](CO[C@]3(CNC(=O)NS(=O)(=O)OC[C@@]45OC[C@H]6OC(C)(C)O[C@H]6[C@@H]4OC(C)(C)O5)OC(C)(C)O[C@H]23)O1. The molecule has 0 aromatic heterocycles. The summed E-state index contributed by atoms with van der Waals surface area (Å²) in [5.41, 5.74) is 0. The van der Waals surface area contributed by atoms with Crippen molar-refractivity contribution in [2.45, 2.75) is 127 Å². The maximum Gasteiger partial charge on any atom is 0.363 e. The minimum atomic E-state index is -4.64. The van der Waals surface area contributed by atoms with Gasteiger partial charge in [0.15, 0.2) is 23.1 Å². The lowest BCUT2D eigenvalue weighted by atomic mass is 9.97. The molecule has 42 heavy (non-hydrogen) atoms. The first kappa shape index (κ1) is 30.8. The van der Waals surface area contributed by atoms with Crippen molar-refractivity contribution in [3.63, 3.8) is 0 Å². The minimum absolute atomic E-state index is 0.0524. The van der Waals surface area contributed by atoms with Gasteiger partial charge in [0.25, 0.3) is 0 Å². The number of carbonyl (C=O) groups is 1. The normalized spacial score (nSPS) is 44.1. The number of rotatable bonds is 6. The molecule has 0 saturated carbocycles. The summed E-state index contributed by atoms with van der Waals surface area (Å²) in [6, 6.07) is -1.08. The van der Waals surface area contributed by atoms with Crippen molar-refractivity contribution in [3.05, 3.63) is 0 Å². The monoisotopic (exact) mass is 624 g/mol. The van der Waals surface area contributed by atoms with E-state index in [2.05, 4.69) is 5.32 Å². The molecule has 8 atom stereocenters. The van der Waals surface area contributed by atoms with Gasteiger partial charge in [-0.1, -0.05) is 0 Å². The zero-order chi connectivity index (χ0) is 30.6. The number of fused-ring (bicyclic) bond motifs is 6. The number of carbonyl (C=O) groups excluding carboxylic acids is 1. The van der Waals surface area contributed by atoms with E-state index in [-0.39, 0.29) is 19.8 Å². The van der Waals surface area contributed by atoms with Gasteiger partial charge in [0.1, 0.15) is 43.2 Å². The fraction of sp³-hybridized carbons (Fsp3) is 0.960. The highest BCUT2D eigenvalue weighted by Crippen LogP contribution is 2.49. The van der Waals surface area contributed by atoms with E-state index in [0.29, 0.717) is 0 Å². The van der Waals surface area contributed by atoms with Crippen molar-refractivity contribution in [3.8, 4) is 0 Å². The Kier molecular flexibility index (Phi) is 7.07. The minimum Gasteiger partial charge on any atom is -0.343 e. The summed E-state index contributed by atoms with van der Waals surface area (Å²) in [5.74, 6) is -7.04. The molecule has 16 nitrogen and oxygen atoms in total. The van der Waals surface area contributed by atoms with E-state index in [1.165, 1.54) is 0 Å². The molecule has 240 valence electrons. The molecule has 0 unspecified atom stereocenters. The second-order valence-corrected chi connectivity index (χ2v) is 14.5. The lowest BCUT2D eigenvalue weighted by Gasteiger charge is -2.40. The van der Waals surface area contributed by atoms with Gasteiger partial charge in [-0.05, 0) is 55.4 Å². The molecule has 6 aliphatic rings. The van der Waals surface area contributed by atoms with E-state index >= 15 is 0 Å². The van der Waals surface area contributed by atoms with Crippen molar-refractivity contribution in [2.75, 3.05) is 26.4 Å². The van der Waals surface area contributed by atoms with Gasteiger partial charge in [-0.15, -0.1) is 0 Å². The van der Waals surface area contributed by atoms with Gasteiger partial charge in [0.05, 0.1) is 19.8 Å². The van der Waals surface area contributed by atoms with Crippen molar-refractivity contribution >= 4 is 16.3 Å². The third kappa shape index (κ3) is 5.67. The van der Waals surface area contributed by atoms with Crippen LogP contribution in [0.25, 0.3) is 0 Å². The van der Waals surface area contributed by atoms with Crippen LogP contribution in [0.15, 0.2) is 0 Å². The Morgan fingerprint density at radius 1 is 0.714 bits per heavy atom. The van der Waals surface area contributed by atoms with Crippen LogP contribution < -0.4 is 10.0 Å². The Morgan fingerprint density at radius 2 is 1.19 bits per heavy atom. The molecule has 0 radical (unpaired) electrons. The van der Waals surface area contributed by atoms with E-state index in [1.807, 2.05) is 4.72 Å². The summed E-state index contributed by atoms with van der Waals surface area (Å²) >= 11 is 0. The summed E-state index contributed by atoms with van der Waals surface area (Å²) in [6.45, 7) is 13.1. The highest BCUT2D eigenvalue weighted by molar-refractivity contribution is 7.85. The van der Waals surface area contributed by atoms with Crippen LogP contribution >= 0.6 is 0 Å². The van der Waals surface area contributed by atoms with Crippen molar-refractivity contribution in [1.29, 1.82) is 0 Å². The number of nitrogens with one attached hydrogen (secondary N) is 2. The molecule has 2 N–H and O–H groups in total. The molecule has 0 aromatic carbocycles. The molecule has 6 saturated heterocycles. The van der Waals surface area contributed by atoms with Crippen molar-refractivity contribution < 1.29 is 64.8 Å². The molecule has 0 bridgehead atoms. The van der Waals surface area contributed by atoms with Crippen LogP contribution in [0.3, 0.4) is 0 Å². The average molecular weight is 625 g/mol. The standard InChI is InChI=1S/C25H40N2O14S/c1-20(2)34-13-9-31-24(17(15(13)36-20)38-22(5,6)40-24)11-26-19(28)27-42(29,30)33-12-25-18(39-23(7,8)41-25)16-14(10-32-25)35-21(3,4)37-16/h13-18H,9-12H2,1-8H3,(H2,26,27,28)/t13-,14+,15-,16+,17+,18-,24+,25-/m0/s1. The van der Waals surface area contributed by atoms with Crippen LogP contribution in [0.1, 0.15) is 55.4 Å². The Morgan fingerprint density at radius 3 is 1.74 bits per heavy atom. The summed E-state index contributed by atoms with van der Waals surface area (Å²) in [4.78, 5) is 12.8. The second-order valence-electron chi connectivity index (χ2n) is 13.1. The lowest BCUT2D eigenvalue weighted by Crippen LogP contribution is -2.63. The lowest BCUT2D eigenvalue weighted by molar-refractivity contribution is -0.290. The van der Waals surface area contributed by atoms with E-state index in [9.17, 15) is 13.2 Å². The average Bonchev–Trinajstić information content (AvgIpc) is 3.50. The van der Waals surface area contributed by atoms with Crippen molar-refractivity contribution in [1.82, 2.24) is 10.0 Å². The second kappa shape index (κ2) is 9.64. The van der Waals surface area contributed by atoms with Gasteiger partial charge in [-0.25, -0.2) is 13.7 Å². The summed E-state index contributed by atoms with van der Waals surface area (Å²) < 4.78 is 92.6. The van der Waals surface area contributed by atoms with Crippen LogP contribution in [0.4, 0.5) is 4.79 Å². The van der Waals surface area contributed by atoms with Gasteiger partial charge in [-0.2, -0.15) is 8.42 Å². The van der Waals surface area contributed by atoms with Crippen LogP contribution in [-0.2, 0) is 61.9 Å². The van der Waals surface area contributed by atoms with Gasteiger partial charge in [0, 0.05) is 0 Å². The highest BCUT2D eigenvalue weighted by atomic mass is 32.2. The molecule has 17 heteroatoms. The van der Waals surface area contributed by atoms with Gasteiger partial charge in [-0.3, -0.25) is 0 Å². The van der Waals surface area contributed by atoms with Crippen LogP contribution in [0.5, 0.6) is 0 Å². The quantitative estimate of drug-likeness (QED) is 0.414. The van der Waals surface area contributed by atoms with E-state index in [4.69, 9.17) is 51.6 Å². The zero-order valence-corrected chi connectivity index (χ0v) is 25.7. The van der Waals surface area contributed by atoms with Crippen LogP contribution in [0, 0.1) is 0 Å². The molecule has 0 aliphatic carbocycles. The zero-order valence-electron chi connectivity index (χ0n) is 24.9. The summed E-state index contributed by atoms with van der Waals surface area (Å²) in [5, 5.41) is 2.48. The number of ether oxygens (including phenoxy) is 10. The fourth-order valence-electron chi connectivity index (χ4n) is 6.47. The molecule has 6 heterocycles. The number of amides is 2. The van der Waals surface area contributed by atoms with E-state index in [1.54, 1.807) is 55.4 Å². The molecule has 6 rings (SSSR count). The van der Waals surface area contributed by atoms with E-state index in [0.717, 1.165) is 0 Å². The van der Waals surface area contributed by atoms with Gasteiger partial charge >= 0.3 is 16.3 Å². The molecule has 0 spiro atoms. The molecule has 0 aromatic rings. The van der Waals surface area contributed by atoms with Crippen LogP contribution in [0.2, 0.25) is 0 Å². The van der Waals surface area contributed by atoms with E-state index < -0.39 is 94.3 Å². The summed E-state index contributed by atoms with van der Waals surface area (Å²) in [7, 11) is -4.64. The fourth-order valence-corrected chi connectivity index (χ4v) is 7.15. The largest absolute Gasteiger partial charge is 0.363 e. The molecular weight excluding hydrogens is 584 g/mol. The first-order valence-corrected chi connectivity index (χ1v) is 15.3. The number of hydrogen-bond donors (Lipinski definition) is 2.